The number of aromatic nitrogens is 2. The van der Waals surface area contributed by atoms with E-state index in [1.807, 2.05) is 30.3 Å². The molecule has 2 aromatic rings. The van der Waals surface area contributed by atoms with Gasteiger partial charge in [-0.2, -0.15) is 5.10 Å². The molecular weight excluding hydrogens is 252 g/mol. The van der Waals surface area contributed by atoms with E-state index < -0.39 is 0 Å². The van der Waals surface area contributed by atoms with E-state index in [0.29, 0.717) is 5.69 Å². The highest BCUT2D eigenvalue weighted by molar-refractivity contribution is 5.93. The molecule has 2 heterocycles. The smallest absolute Gasteiger partial charge is 0.272 e. The summed E-state index contributed by atoms with van der Waals surface area (Å²) in [5.74, 6) is -0.163. The predicted molar refractivity (Wildman–Crippen MR) is 76.2 cm³/mol. The fourth-order valence-corrected chi connectivity index (χ4v) is 2.30. The zero-order valence-electron chi connectivity index (χ0n) is 11.0. The van der Waals surface area contributed by atoms with Gasteiger partial charge in [-0.05, 0) is 24.6 Å². The van der Waals surface area contributed by atoms with Crippen LogP contribution < -0.4 is 10.6 Å². The molecule has 20 heavy (non-hydrogen) atoms. The van der Waals surface area contributed by atoms with Crippen LogP contribution in [0.15, 0.2) is 42.6 Å². The Bertz CT molecular complexity index is 594. The molecule has 0 radical (unpaired) electrons. The molecule has 3 rings (SSSR count). The summed E-state index contributed by atoms with van der Waals surface area (Å²) < 4.78 is 0. The van der Waals surface area contributed by atoms with E-state index in [1.165, 1.54) is 0 Å². The summed E-state index contributed by atoms with van der Waals surface area (Å²) >= 11 is 0. The highest BCUT2D eigenvalue weighted by Gasteiger charge is 2.18. The van der Waals surface area contributed by atoms with E-state index in [1.54, 1.807) is 12.3 Å². The quantitative estimate of drug-likeness (QED) is 0.879. The van der Waals surface area contributed by atoms with E-state index in [4.69, 9.17) is 0 Å². The van der Waals surface area contributed by atoms with Crippen molar-refractivity contribution in [3.05, 3.63) is 48.3 Å². The summed E-state index contributed by atoms with van der Waals surface area (Å²) in [5, 5.41) is 14.0. The van der Waals surface area contributed by atoms with Crippen LogP contribution in [0.4, 0.5) is 0 Å². The van der Waals surface area contributed by atoms with Crippen LogP contribution in [0.1, 0.15) is 16.9 Å². The van der Waals surface area contributed by atoms with Crippen molar-refractivity contribution in [1.82, 2.24) is 20.8 Å². The summed E-state index contributed by atoms with van der Waals surface area (Å²) in [6, 6.07) is 11.8. The molecule has 5 nitrogen and oxygen atoms in total. The summed E-state index contributed by atoms with van der Waals surface area (Å²) in [7, 11) is 0. The number of hydrogen-bond acceptors (Lipinski definition) is 4. The monoisotopic (exact) mass is 268 g/mol. The van der Waals surface area contributed by atoms with Crippen LogP contribution in [0.25, 0.3) is 11.1 Å². The third kappa shape index (κ3) is 2.83. The number of rotatable bonds is 3. The second-order valence-electron chi connectivity index (χ2n) is 4.86. The highest BCUT2D eigenvalue weighted by atomic mass is 16.2. The van der Waals surface area contributed by atoms with Crippen molar-refractivity contribution in [3.63, 3.8) is 0 Å². The third-order valence-corrected chi connectivity index (χ3v) is 3.39. The van der Waals surface area contributed by atoms with Crippen LogP contribution in [-0.4, -0.2) is 35.2 Å². The minimum atomic E-state index is -0.163. The van der Waals surface area contributed by atoms with E-state index in [-0.39, 0.29) is 11.9 Å². The van der Waals surface area contributed by atoms with Crippen LogP contribution >= 0.6 is 0 Å². The van der Waals surface area contributed by atoms with Gasteiger partial charge in [-0.3, -0.25) is 4.79 Å². The Morgan fingerprint density at radius 1 is 1.25 bits per heavy atom. The Hall–Kier alpha value is -2.27. The minimum Gasteiger partial charge on any atom is -0.347 e. The normalized spacial score (nSPS) is 17.9. The first-order valence-electron chi connectivity index (χ1n) is 6.72. The lowest BCUT2D eigenvalue weighted by molar-refractivity contribution is 0.0934. The van der Waals surface area contributed by atoms with Gasteiger partial charge in [0.15, 0.2) is 5.69 Å². The molecule has 1 atom stereocenters. The number of hydrogen-bond donors (Lipinski definition) is 2. The Kier molecular flexibility index (Phi) is 3.69. The first kappa shape index (κ1) is 12.7. The Labute approximate surface area is 117 Å². The largest absolute Gasteiger partial charge is 0.347 e. The highest BCUT2D eigenvalue weighted by Crippen LogP contribution is 2.17. The van der Waals surface area contributed by atoms with Crippen LogP contribution in [0.2, 0.25) is 0 Å². The molecule has 1 aliphatic heterocycles. The first-order valence-corrected chi connectivity index (χ1v) is 6.72. The maximum absolute atomic E-state index is 12.1. The number of nitrogens with one attached hydrogen (secondary N) is 2. The molecule has 1 fully saturated rings. The van der Waals surface area contributed by atoms with E-state index in [2.05, 4.69) is 20.8 Å². The number of carbonyl (C=O) groups excluding carboxylic acids is 1. The number of carbonyl (C=O) groups is 1. The van der Waals surface area contributed by atoms with Gasteiger partial charge < -0.3 is 10.6 Å². The van der Waals surface area contributed by atoms with Gasteiger partial charge in [-0.15, -0.1) is 5.10 Å². The van der Waals surface area contributed by atoms with Gasteiger partial charge in [-0.25, -0.2) is 0 Å². The summed E-state index contributed by atoms with van der Waals surface area (Å²) in [5.41, 5.74) is 2.28. The molecule has 0 saturated carbocycles. The fourth-order valence-electron chi connectivity index (χ4n) is 2.30. The van der Waals surface area contributed by atoms with Crippen LogP contribution in [0.5, 0.6) is 0 Å². The topological polar surface area (TPSA) is 66.9 Å². The average Bonchev–Trinajstić information content (AvgIpc) is 3.01. The standard InChI is InChI=1S/C15H16N4O/c20-15(18-13-6-7-16-10-13)14-8-12(9-17-19-14)11-4-2-1-3-5-11/h1-5,8-9,13,16H,6-7,10H2,(H,18,20)/t13-/m1/s1. The van der Waals surface area contributed by atoms with Crippen LogP contribution in [-0.2, 0) is 0 Å². The molecule has 1 aliphatic rings. The van der Waals surface area contributed by atoms with Crippen molar-refractivity contribution < 1.29 is 4.79 Å². The van der Waals surface area contributed by atoms with Crippen LogP contribution in [0, 0.1) is 0 Å². The number of amides is 1. The van der Waals surface area contributed by atoms with Gasteiger partial charge in [0.1, 0.15) is 0 Å². The average molecular weight is 268 g/mol. The lowest BCUT2D eigenvalue weighted by atomic mass is 10.1. The summed E-state index contributed by atoms with van der Waals surface area (Å²) in [4.78, 5) is 12.1. The molecule has 1 amide bonds. The van der Waals surface area contributed by atoms with Crippen molar-refractivity contribution in [3.8, 4) is 11.1 Å². The fraction of sp³-hybridized carbons (Fsp3) is 0.267. The SMILES string of the molecule is O=C(N[C@@H]1CCNC1)c1cc(-c2ccccc2)cnn1. The van der Waals surface area contributed by atoms with Crippen molar-refractivity contribution in [2.24, 2.45) is 0 Å². The molecule has 1 aromatic heterocycles. The second kappa shape index (κ2) is 5.79. The zero-order chi connectivity index (χ0) is 13.8. The number of benzene rings is 1. The first-order chi connectivity index (χ1) is 9.83. The van der Waals surface area contributed by atoms with E-state index >= 15 is 0 Å². The maximum Gasteiger partial charge on any atom is 0.272 e. The predicted octanol–water partition coefficient (Wildman–Crippen LogP) is 1.24. The van der Waals surface area contributed by atoms with Crippen molar-refractivity contribution in [2.75, 3.05) is 13.1 Å². The van der Waals surface area contributed by atoms with Gasteiger partial charge in [-0.1, -0.05) is 30.3 Å². The summed E-state index contributed by atoms with van der Waals surface area (Å²) in [6.07, 6.45) is 2.63. The second-order valence-corrected chi connectivity index (χ2v) is 4.86. The molecule has 0 spiro atoms. The maximum atomic E-state index is 12.1. The summed E-state index contributed by atoms with van der Waals surface area (Å²) in [6.45, 7) is 1.76. The van der Waals surface area contributed by atoms with Gasteiger partial charge >= 0.3 is 0 Å². The third-order valence-electron chi connectivity index (χ3n) is 3.39. The van der Waals surface area contributed by atoms with Gasteiger partial charge in [0.25, 0.3) is 5.91 Å². The molecular formula is C15H16N4O. The Morgan fingerprint density at radius 3 is 2.85 bits per heavy atom. The van der Waals surface area contributed by atoms with Crippen molar-refractivity contribution in [1.29, 1.82) is 0 Å². The lowest BCUT2D eigenvalue weighted by Crippen LogP contribution is -2.36. The van der Waals surface area contributed by atoms with Gasteiger partial charge in [0.2, 0.25) is 0 Å². The lowest BCUT2D eigenvalue weighted by Gasteiger charge is -2.10. The molecule has 102 valence electrons. The Morgan fingerprint density at radius 2 is 2.10 bits per heavy atom. The molecule has 5 heteroatoms. The van der Waals surface area contributed by atoms with E-state index in [9.17, 15) is 4.79 Å². The molecule has 1 saturated heterocycles. The zero-order valence-corrected chi connectivity index (χ0v) is 11.0. The van der Waals surface area contributed by atoms with Gasteiger partial charge in [0, 0.05) is 18.2 Å². The van der Waals surface area contributed by atoms with Crippen LogP contribution in [0.3, 0.4) is 0 Å². The van der Waals surface area contributed by atoms with Crippen molar-refractivity contribution >= 4 is 5.91 Å². The molecule has 0 unspecified atom stereocenters. The molecule has 1 aromatic carbocycles. The molecule has 2 N–H and O–H groups in total. The number of nitrogens with zero attached hydrogens (tertiary/aromatic N) is 2. The van der Waals surface area contributed by atoms with Crippen molar-refractivity contribution in [2.45, 2.75) is 12.5 Å². The molecule has 0 bridgehead atoms. The Balaban J connectivity index is 1.78. The minimum absolute atomic E-state index is 0.163. The van der Waals surface area contributed by atoms with Gasteiger partial charge in [0.05, 0.1) is 6.20 Å². The molecule has 0 aliphatic carbocycles. The van der Waals surface area contributed by atoms with E-state index in [0.717, 1.165) is 30.6 Å².